The molecular weight excluding hydrogens is 256 g/mol. The minimum atomic E-state index is -0.764. The molecule has 1 aromatic rings. The lowest BCUT2D eigenvalue weighted by atomic mass is 9.82. The number of likely N-dealkylation sites (N-methyl/N-ethyl adjacent to an activating group) is 1. The van der Waals surface area contributed by atoms with E-state index in [1.807, 2.05) is 7.05 Å². The lowest BCUT2D eigenvalue weighted by Crippen LogP contribution is -2.31. The van der Waals surface area contributed by atoms with Crippen molar-refractivity contribution in [1.29, 1.82) is 0 Å². The Bertz CT molecular complexity index is 423. The number of hydrogen-bond donors (Lipinski definition) is 1. The molecule has 0 spiro atoms. The van der Waals surface area contributed by atoms with Crippen LogP contribution in [0, 0.1) is 23.0 Å². The van der Waals surface area contributed by atoms with Gasteiger partial charge in [-0.1, -0.05) is 39.8 Å². The average Bonchev–Trinajstić information content (AvgIpc) is 2.31. The van der Waals surface area contributed by atoms with E-state index in [4.69, 9.17) is 0 Å². The number of rotatable bonds is 6. The zero-order chi connectivity index (χ0) is 15.3. The van der Waals surface area contributed by atoms with Gasteiger partial charge in [-0.15, -0.1) is 0 Å². The fourth-order valence-corrected chi connectivity index (χ4v) is 2.89. The van der Waals surface area contributed by atoms with Crippen LogP contribution in [0.5, 0.6) is 0 Å². The maximum atomic E-state index is 13.7. The molecule has 0 radical (unpaired) electrons. The molecule has 0 bridgehead atoms. The molecule has 2 unspecified atom stereocenters. The maximum absolute atomic E-state index is 13.7. The van der Waals surface area contributed by atoms with Crippen molar-refractivity contribution in [2.24, 2.45) is 11.3 Å². The zero-order valence-corrected chi connectivity index (χ0v) is 13.3. The quantitative estimate of drug-likeness (QED) is 0.807. The van der Waals surface area contributed by atoms with Crippen LogP contribution in [0.1, 0.15) is 46.1 Å². The second kappa shape index (κ2) is 7.16. The third-order valence-electron chi connectivity index (χ3n) is 3.55. The highest BCUT2D eigenvalue weighted by molar-refractivity contribution is 5.20. The van der Waals surface area contributed by atoms with E-state index in [2.05, 4.69) is 33.0 Å². The molecule has 1 aromatic carbocycles. The van der Waals surface area contributed by atoms with Crippen molar-refractivity contribution in [3.8, 4) is 0 Å². The molecule has 3 heteroatoms. The van der Waals surface area contributed by atoms with Gasteiger partial charge in [-0.25, -0.2) is 8.78 Å². The van der Waals surface area contributed by atoms with Gasteiger partial charge >= 0.3 is 0 Å². The summed E-state index contributed by atoms with van der Waals surface area (Å²) in [6.07, 6.45) is 2.61. The molecule has 1 rings (SSSR count). The molecule has 0 saturated heterocycles. The fourth-order valence-electron chi connectivity index (χ4n) is 2.89. The molecular formula is C17H27F2N. The molecule has 0 heterocycles. The molecule has 114 valence electrons. The van der Waals surface area contributed by atoms with Gasteiger partial charge in [0, 0.05) is 6.04 Å². The van der Waals surface area contributed by atoms with Crippen LogP contribution in [0.4, 0.5) is 8.78 Å². The maximum Gasteiger partial charge on any atom is 0.162 e. The van der Waals surface area contributed by atoms with E-state index >= 15 is 0 Å². The highest BCUT2D eigenvalue weighted by atomic mass is 19.2. The Morgan fingerprint density at radius 1 is 1.20 bits per heavy atom. The topological polar surface area (TPSA) is 12.0 Å². The van der Waals surface area contributed by atoms with Gasteiger partial charge in [0.05, 0.1) is 0 Å². The van der Waals surface area contributed by atoms with Crippen molar-refractivity contribution in [2.75, 3.05) is 7.05 Å². The molecule has 0 fully saturated rings. The number of halogens is 2. The monoisotopic (exact) mass is 283 g/mol. The predicted molar refractivity (Wildman–Crippen MR) is 80.8 cm³/mol. The molecule has 0 aliphatic heterocycles. The standard InChI is InChI=1S/C17H27F2N/c1-12(11-17(2,3)4)9-14(20-5)10-13-7-6-8-15(18)16(13)19/h6-8,12,14,20H,9-11H2,1-5H3. The fraction of sp³-hybridized carbons (Fsp3) is 0.647. The Morgan fingerprint density at radius 2 is 1.85 bits per heavy atom. The summed E-state index contributed by atoms with van der Waals surface area (Å²) in [7, 11) is 1.88. The molecule has 0 aliphatic rings. The van der Waals surface area contributed by atoms with Gasteiger partial charge in [0.15, 0.2) is 11.6 Å². The Labute approximate surface area is 121 Å². The zero-order valence-electron chi connectivity index (χ0n) is 13.3. The summed E-state index contributed by atoms with van der Waals surface area (Å²) >= 11 is 0. The van der Waals surface area contributed by atoms with E-state index in [9.17, 15) is 8.78 Å². The first-order valence-corrected chi connectivity index (χ1v) is 7.33. The van der Waals surface area contributed by atoms with Gasteiger partial charge in [0.25, 0.3) is 0 Å². The second-order valence-electron chi connectivity index (χ2n) is 7.01. The SMILES string of the molecule is CNC(Cc1cccc(F)c1F)CC(C)CC(C)(C)C. The Hall–Kier alpha value is -0.960. The van der Waals surface area contributed by atoms with Crippen LogP contribution in [-0.2, 0) is 6.42 Å². The first-order chi connectivity index (χ1) is 9.23. The van der Waals surface area contributed by atoms with Gasteiger partial charge in [0.2, 0.25) is 0 Å². The lowest BCUT2D eigenvalue weighted by Gasteiger charge is -2.26. The Balaban J connectivity index is 2.65. The van der Waals surface area contributed by atoms with E-state index in [1.54, 1.807) is 12.1 Å². The molecule has 20 heavy (non-hydrogen) atoms. The summed E-state index contributed by atoms with van der Waals surface area (Å²) < 4.78 is 26.9. The Kier molecular flexibility index (Phi) is 6.12. The van der Waals surface area contributed by atoms with E-state index in [0.29, 0.717) is 23.3 Å². The van der Waals surface area contributed by atoms with Gasteiger partial charge in [0.1, 0.15) is 0 Å². The first kappa shape index (κ1) is 17.1. The highest BCUT2D eigenvalue weighted by Crippen LogP contribution is 2.27. The molecule has 0 saturated carbocycles. The largest absolute Gasteiger partial charge is 0.317 e. The summed E-state index contributed by atoms with van der Waals surface area (Å²) in [5, 5.41) is 3.22. The Morgan fingerprint density at radius 3 is 2.40 bits per heavy atom. The lowest BCUT2D eigenvalue weighted by molar-refractivity contribution is 0.277. The predicted octanol–water partition coefficient (Wildman–Crippen LogP) is 4.56. The van der Waals surface area contributed by atoms with E-state index in [1.165, 1.54) is 0 Å². The van der Waals surface area contributed by atoms with Crippen LogP contribution in [0.25, 0.3) is 0 Å². The van der Waals surface area contributed by atoms with Crippen molar-refractivity contribution < 1.29 is 8.78 Å². The van der Waals surface area contributed by atoms with E-state index in [0.717, 1.165) is 18.9 Å². The number of nitrogens with one attached hydrogen (secondary N) is 1. The van der Waals surface area contributed by atoms with Crippen LogP contribution in [0.15, 0.2) is 18.2 Å². The normalized spacial score (nSPS) is 15.2. The third-order valence-corrected chi connectivity index (χ3v) is 3.55. The smallest absolute Gasteiger partial charge is 0.162 e. The van der Waals surface area contributed by atoms with Crippen LogP contribution in [0.2, 0.25) is 0 Å². The first-order valence-electron chi connectivity index (χ1n) is 7.33. The van der Waals surface area contributed by atoms with E-state index < -0.39 is 11.6 Å². The average molecular weight is 283 g/mol. The third kappa shape index (κ3) is 5.58. The van der Waals surface area contributed by atoms with Gasteiger partial charge in [-0.2, -0.15) is 0 Å². The molecule has 1 nitrogen and oxygen atoms in total. The van der Waals surface area contributed by atoms with Gasteiger partial charge < -0.3 is 5.32 Å². The van der Waals surface area contributed by atoms with Crippen LogP contribution < -0.4 is 5.32 Å². The minimum Gasteiger partial charge on any atom is -0.317 e. The molecule has 0 aromatic heterocycles. The van der Waals surface area contributed by atoms with Gasteiger partial charge in [-0.05, 0) is 49.3 Å². The van der Waals surface area contributed by atoms with Crippen molar-refractivity contribution >= 4 is 0 Å². The summed E-state index contributed by atoms with van der Waals surface area (Å²) in [5.74, 6) is -0.930. The van der Waals surface area contributed by atoms with E-state index in [-0.39, 0.29) is 6.04 Å². The van der Waals surface area contributed by atoms with Crippen LogP contribution in [0.3, 0.4) is 0 Å². The van der Waals surface area contributed by atoms with Crippen molar-refractivity contribution in [3.05, 3.63) is 35.4 Å². The minimum absolute atomic E-state index is 0.170. The van der Waals surface area contributed by atoms with Gasteiger partial charge in [-0.3, -0.25) is 0 Å². The highest BCUT2D eigenvalue weighted by Gasteiger charge is 2.20. The summed E-state index contributed by atoms with van der Waals surface area (Å²) in [6.45, 7) is 8.90. The number of hydrogen-bond acceptors (Lipinski definition) is 1. The summed E-state index contributed by atoms with van der Waals surface area (Å²) in [6, 6.07) is 4.56. The molecule has 0 aliphatic carbocycles. The van der Waals surface area contributed by atoms with Crippen LogP contribution >= 0.6 is 0 Å². The number of benzene rings is 1. The molecule has 0 amide bonds. The molecule has 1 N–H and O–H groups in total. The van der Waals surface area contributed by atoms with Crippen molar-refractivity contribution in [1.82, 2.24) is 5.32 Å². The van der Waals surface area contributed by atoms with Crippen molar-refractivity contribution in [3.63, 3.8) is 0 Å². The molecule has 2 atom stereocenters. The van der Waals surface area contributed by atoms with Crippen molar-refractivity contribution in [2.45, 2.75) is 53.0 Å². The second-order valence-corrected chi connectivity index (χ2v) is 7.01. The van der Waals surface area contributed by atoms with Crippen LogP contribution in [-0.4, -0.2) is 13.1 Å². The summed E-state index contributed by atoms with van der Waals surface area (Å²) in [4.78, 5) is 0. The summed E-state index contributed by atoms with van der Waals surface area (Å²) in [5.41, 5.74) is 0.745.